The summed E-state index contributed by atoms with van der Waals surface area (Å²) in [6, 6.07) is 1.39. The van der Waals surface area contributed by atoms with Gasteiger partial charge in [-0.3, -0.25) is 4.79 Å². The Hall–Kier alpha value is -1.67. The zero-order chi connectivity index (χ0) is 21.7. The van der Waals surface area contributed by atoms with Gasteiger partial charge in [0.1, 0.15) is 0 Å². The Morgan fingerprint density at radius 1 is 1.28 bits per heavy atom. The summed E-state index contributed by atoms with van der Waals surface area (Å²) >= 11 is 6.89. The highest BCUT2D eigenvalue weighted by atomic mass is 35.5. The van der Waals surface area contributed by atoms with Gasteiger partial charge >= 0.3 is 6.18 Å². The van der Waals surface area contributed by atoms with E-state index in [4.69, 9.17) is 11.6 Å². The molecule has 0 radical (unpaired) electrons. The number of alkyl halides is 3. The standard InChI is InChI=1S/C20H21ClF4N2OS/c1-10-16(19(2,3)4)29-18(27(10)9-11-5-6-11)26-17(28)14-12(20(23,24)25)7-8-13(21)15(14)22/h7-8,11H,5-6,9H2,1-4H3. The third-order valence-corrected chi connectivity index (χ3v) is 6.69. The molecule has 29 heavy (non-hydrogen) atoms. The van der Waals surface area contributed by atoms with Gasteiger partial charge in [0.2, 0.25) is 0 Å². The van der Waals surface area contributed by atoms with E-state index in [1.54, 1.807) is 0 Å². The SMILES string of the molecule is Cc1c(C(C)(C)C)sc(=NC(=O)c2c(C(F)(F)F)ccc(Cl)c2F)n1CC1CC1. The quantitative estimate of drug-likeness (QED) is 0.521. The maximum atomic E-state index is 14.4. The third-order valence-electron chi connectivity index (χ3n) is 4.79. The van der Waals surface area contributed by atoms with E-state index in [1.807, 2.05) is 32.3 Å². The molecule has 0 bridgehead atoms. The third kappa shape index (κ3) is 4.58. The molecule has 0 saturated heterocycles. The van der Waals surface area contributed by atoms with Crippen LogP contribution in [0.5, 0.6) is 0 Å². The molecule has 1 aromatic heterocycles. The number of carbonyl (C=O) groups excluding carboxylic acids is 1. The van der Waals surface area contributed by atoms with E-state index in [9.17, 15) is 22.4 Å². The van der Waals surface area contributed by atoms with Crippen LogP contribution in [0.25, 0.3) is 0 Å². The Labute approximate surface area is 175 Å². The minimum absolute atomic E-state index is 0.227. The van der Waals surface area contributed by atoms with E-state index in [0.29, 0.717) is 18.5 Å². The summed E-state index contributed by atoms with van der Waals surface area (Å²) in [4.78, 5) is 17.9. The molecule has 3 nitrogen and oxygen atoms in total. The van der Waals surface area contributed by atoms with Crippen molar-refractivity contribution in [1.82, 2.24) is 4.57 Å². The van der Waals surface area contributed by atoms with Crippen molar-refractivity contribution in [2.75, 3.05) is 0 Å². The highest BCUT2D eigenvalue weighted by Gasteiger charge is 2.38. The lowest BCUT2D eigenvalue weighted by molar-refractivity contribution is -0.138. The van der Waals surface area contributed by atoms with E-state index in [2.05, 4.69) is 4.99 Å². The van der Waals surface area contributed by atoms with Crippen molar-refractivity contribution in [3.63, 3.8) is 0 Å². The van der Waals surface area contributed by atoms with Gasteiger partial charge in [0, 0.05) is 17.1 Å². The fourth-order valence-electron chi connectivity index (χ4n) is 3.18. The molecule has 1 fully saturated rings. The number of carbonyl (C=O) groups is 1. The summed E-state index contributed by atoms with van der Waals surface area (Å²) in [5.74, 6) is -2.24. The van der Waals surface area contributed by atoms with E-state index < -0.39 is 34.1 Å². The van der Waals surface area contributed by atoms with Gasteiger partial charge in [0.25, 0.3) is 5.91 Å². The summed E-state index contributed by atoms with van der Waals surface area (Å²) < 4.78 is 56.3. The number of benzene rings is 1. The summed E-state index contributed by atoms with van der Waals surface area (Å²) in [5, 5.41) is -0.555. The molecule has 0 N–H and O–H groups in total. The average Bonchev–Trinajstić information content (AvgIpc) is 3.34. The van der Waals surface area contributed by atoms with Crippen LogP contribution in [0.2, 0.25) is 5.02 Å². The Bertz CT molecular complexity index is 1030. The molecule has 158 valence electrons. The second-order valence-corrected chi connectivity index (χ2v) is 9.69. The van der Waals surface area contributed by atoms with Gasteiger partial charge in [-0.25, -0.2) is 4.39 Å². The van der Waals surface area contributed by atoms with Gasteiger partial charge < -0.3 is 4.57 Å². The molecule has 1 aliphatic carbocycles. The van der Waals surface area contributed by atoms with Crippen LogP contribution in [0.15, 0.2) is 17.1 Å². The summed E-state index contributed by atoms with van der Waals surface area (Å²) in [6.07, 6.45) is -2.79. The van der Waals surface area contributed by atoms with Crippen LogP contribution in [-0.4, -0.2) is 10.5 Å². The molecule has 0 atom stereocenters. The molecule has 0 unspecified atom stereocenters. The zero-order valence-corrected chi connectivity index (χ0v) is 18.0. The van der Waals surface area contributed by atoms with Crippen molar-refractivity contribution in [3.05, 3.63) is 49.5 Å². The Balaban J connectivity index is 2.19. The molecule has 0 spiro atoms. The predicted octanol–water partition coefficient (Wildman–Crippen LogP) is 6.12. The van der Waals surface area contributed by atoms with Gasteiger partial charge in [-0.15, -0.1) is 11.3 Å². The number of halogens is 5. The van der Waals surface area contributed by atoms with Crippen LogP contribution in [0.3, 0.4) is 0 Å². The van der Waals surface area contributed by atoms with E-state index in [-0.39, 0.29) is 10.2 Å². The largest absolute Gasteiger partial charge is 0.417 e. The Kier molecular flexibility index (Phi) is 5.73. The van der Waals surface area contributed by atoms with Crippen LogP contribution in [-0.2, 0) is 18.1 Å². The second kappa shape index (κ2) is 7.54. The highest BCUT2D eigenvalue weighted by molar-refractivity contribution is 7.09. The number of hydrogen-bond acceptors (Lipinski definition) is 2. The first-order chi connectivity index (χ1) is 13.3. The molecule has 1 aromatic carbocycles. The minimum atomic E-state index is -4.90. The highest BCUT2D eigenvalue weighted by Crippen LogP contribution is 2.36. The van der Waals surface area contributed by atoms with Crippen molar-refractivity contribution in [1.29, 1.82) is 0 Å². The van der Waals surface area contributed by atoms with Crippen LogP contribution in [0.1, 0.15) is 60.1 Å². The van der Waals surface area contributed by atoms with Crippen molar-refractivity contribution in [2.45, 2.75) is 58.7 Å². The smallest absolute Gasteiger partial charge is 0.320 e. The second-order valence-electron chi connectivity index (χ2n) is 8.30. The van der Waals surface area contributed by atoms with E-state index >= 15 is 0 Å². The van der Waals surface area contributed by atoms with Gasteiger partial charge in [-0.1, -0.05) is 32.4 Å². The molecule has 1 aliphatic rings. The molecule has 3 rings (SSSR count). The van der Waals surface area contributed by atoms with Crippen LogP contribution < -0.4 is 4.80 Å². The van der Waals surface area contributed by atoms with Crippen LogP contribution in [0, 0.1) is 18.7 Å². The first kappa shape index (κ1) is 22.0. The van der Waals surface area contributed by atoms with E-state index in [0.717, 1.165) is 29.5 Å². The monoisotopic (exact) mass is 448 g/mol. The minimum Gasteiger partial charge on any atom is -0.320 e. The maximum Gasteiger partial charge on any atom is 0.417 e. The van der Waals surface area contributed by atoms with Gasteiger partial charge in [-0.05, 0) is 43.2 Å². The van der Waals surface area contributed by atoms with Crippen LogP contribution >= 0.6 is 22.9 Å². The summed E-state index contributed by atoms with van der Waals surface area (Å²) in [6.45, 7) is 8.57. The van der Waals surface area contributed by atoms with Crippen molar-refractivity contribution >= 4 is 28.8 Å². The lowest BCUT2D eigenvalue weighted by Crippen LogP contribution is -2.21. The average molecular weight is 449 g/mol. The molecule has 9 heteroatoms. The van der Waals surface area contributed by atoms with Gasteiger partial charge in [0.15, 0.2) is 10.6 Å². The van der Waals surface area contributed by atoms with E-state index in [1.165, 1.54) is 11.3 Å². The first-order valence-corrected chi connectivity index (χ1v) is 10.3. The number of aromatic nitrogens is 1. The molecule has 1 heterocycles. The predicted molar refractivity (Wildman–Crippen MR) is 105 cm³/mol. The van der Waals surface area contributed by atoms with Gasteiger partial charge in [-0.2, -0.15) is 18.2 Å². The molecule has 1 saturated carbocycles. The lowest BCUT2D eigenvalue weighted by atomic mass is 9.93. The van der Waals surface area contributed by atoms with Crippen molar-refractivity contribution in [3.8, 4) is 0 Å². The molecule has 2 aromatic rings. The fourth-order valence-corrected chi connectivity index (χ4v) is 4.53. The molecule has 0 aliphatic heterocycles. The molecular formula is C20H21ClF4N2OS. The molecule has 1 amide bonds. The summed E-state index contributed by atoms with van der Waals surface area (Å²) in [5.41, 5.74) is -1.84. The van der Waals surface area contributed by atoms with Gasteiger partial charge in [0.05, 0.1) is 16.1 Å². The summed E-state index contributed by atoms with van der Waals surface area (Å²) in [7, 11) is 0. The number of hydrogen-bond donors (Lipinski definition) is 0. The van der Waals surface area contributed by atoms with Crippen molar-refractivity contribution in [2.24, 2.45) is 10.9 Å². The molecular weight excluding hydrogens is 428 g/mol. The maximum absolute atomic E-state index is 14.4. The zero-order valence-electron chi connectivity index (χ0n) is 16.5. The Morgan fingerprint density at radius 2 is 1.90 bits per heavy atom. The Morgan fingerprint density at radius 3 is 2.41 bits per heavy atom. The number of rotatable bonds is 3. The van der Waals surface area contributed by atoms with Crippen LogP contribution in [0.4, 0.5) is 17.6 Å². The first-order valence-electron chi connectivity index (χ1n) is 9.15. The fraction of sp³-hybridized carbons (Fsp3) is 0.500. The number of amides is 1. The van der Waals surface area contributed by atoms with Crippen molar-refractivity contribution < 1.29 is 22.4 Å². The number of nitrogens with zero attached hydrogens (tertiary/aromatic N) is 2. The normalized spacial score (nSPS) is 15.8. The topological polar surface area (TPSA) is 34.4 Å². The number of thiazole rings is 1. The lowest BCUT2D eigenvalue weighted by Gasteiger charge is -2.17.